The van der Waals surface area contributed by atoms with Crippen LogP contribution in [0.4, 0.5) is 22.0 Å². The van der Waals surface area contributed by atoms with Gasteiger partial charge < -0.3 is 14.9 Å². The molecule has 0 atom stereocenters. The Morgan fingerprint density at radius 1 is 1.12 bits per heavy atom. The maximum Gasteiger partial charge on any atom is 0.433 e. The Kier molecular flexibility index (Phi) is 6.49. The Morgan fingerprint density at radius 2 is 1.85 bits per heavy atom. The van der Waals surface area contributed by atoms with Gasteiger partial charge in [0.15, 0.2) is 11.6 Å². The summed E-state index contributed by atoms with van der Waals surface area (Å²) in [6.45, 7) is 0.264. The van der Waals surface area contributed by atoms with Crippen molar-refractivity contribution in [2.24, 2.45) is 5.92 Å². The van der Waals surface area contributed by atoms with Crippen LogP contribution in [0.15, 0.2) is 35.0 Å². The van der Waals surface area contributed by atoms with E-state index in [1.165, 1.54) is 6.07 Å². The summed E-state index contributed by atoms with van der Waals surface area (Å²) in [5.74, 6) is -3.16. The molecule has 1 aliphatic rings. The molecular formula is C22H19F5N4O3. The Hall–Kier alpha value is -3.57. The predicted octanol–water partition coefficient (Wildman–Crippen LogP) is 4.84. The Balaban J connectivity index is 1.30. The number of carbonyl (C=O) groups is 1. The van der Waals surface area contributed by atoms with Crippen LogP contribution in [0.3, 0.4) is 0 Å². The van der Waals surface area contributed by atoms with Crippen LogP contribution in [0.1, 0.15) is 53.5 Å². The number of hydrogen-bond acceptors (Lipinski definition) is 6. The van der Waals surface area contributed by atoms with E-state index in [0.717, 1.165) is 12.3 Å². The number of hydrogen-bond donors (Lipinski definition) is 2. The van der Waals surface area contributed by atoms with E-state index in [1.54, 1.807) is 0 Å². The lowest BCUT2D eigenvalue weighted by molar-refractivity contribution is -0.141. The first-order valence-electron chi connectivity index (χ1n) is 10.4. The average molecular weight is 482 g/mol. The quantitative estimate of drug-likeness (QED) is 0.505. The number of aromatic nitrogens is 3. The summed E-state index contributed by atoms with van der Waals surface area (Å²) in [7, 11) is 0. The summed E-state index contributed by atoms with van der Waals surface area (Å²) in [5.41, 5.74) is -1.19. The number of phenolic OH excluding ortho intramolecular Hbond substituents is 1. The van der Waals surface area contributed by atoms with Gasteiger partial charge in [0.1, 0.15) is 11.5 Å². The van der Waals surface area contributed by atoms with Crippen molar-refractivity contribution < 1.29 is 36.4 Å². The molecule has 2 aromatic heterocycles. The van der Waals surface area contributed by atoms with Gasteiger partial charge >= 0.3 is 6.18 Å². The van der Waals surface area contributed by atoms with Crippen molar-refractivity contribution in [1.82, 2.24) is 20.4 Å². The molecule has 0 saturated heterocycles. The number of pyridine rings is 1. The second-order valence-corrected chi connectivity index (χ2v) is 8.10. The van der Waals surface area contributed by atoms with Gasteiger partial charge in [-0.15, -0.1) is 0 Å². The number of phenols is 1. The average Bonchev–Trinajstić information content (AvgIpc) is 3.30. The molecule has 0 radical (unpaired) electrons. The van der Waals surface area contributed by atoms with Crippen molar-refractivity contribution in [2.75, 3.05) is 6.54 Å². The van der Waals surface area contributed by atoms with Crippen LogP contribution in [0.25, 0.3) is 11.4 Å². The van der Waals surface area contributed by atoms with Crippen molar-refractivity contribution in [3.05, 3.63) is 59.2 Å². The third-order valence-corrected chi connectivity index (χ3v) is 5.78. The molecule has 1 aliphatic carbocycles. The monoisotopic (exact) mass is 482 g/mol. The lowest BCUT2D eigenvalue weighted by Crippen LogP contribution is -2.31. The van der Waals surface area contributed by atoms with Crippen LogP contribution < -0.4 is 5.32 Å². The summed E-state index contributed by atoms with van der Waals surface area (Å²) < 4.78 is 70.5. The van der Waals surface area contributed by atoms with Crippen LogP contribution in [0, 0.1) is 17.6 Å². The molecule has 2 N–H and O–H groups in total. The third-order valence-electron chi connectivity index (χ3n) is 5.78. The van der Waals surface area contributed by atoms with Crippen molar-refractivity contribution in [1.29, 1.82) is 0 Å². The fourth-order valence-corrected chi connectivity index (χ4v) is 3.87. The summed E-state index contributed by atoms with van der Waals surface area (Å²) >= 11 is 0. The number of carbonyl (C=O) groups excluding carboxylic acids is 1. The van der Waals surface area contributed by atoms with E-state index in [9.17, 15) is 26.7 Å². The highest BCUT2D eigenvalue weighted by Gasteiger charge is 2.32. The molecule has 1 aromatic carbocycles. The van der Waals surface area contributed by atoms with Gasteiger partial charge in [0.05, 0.1) is 5.56 Å². The van der Waals surface area contributed by atoms with Crippen molar-refractivity contribution >= 4 is 5.91 Å². The van der Waals surface area contributed by atoms with Crippen molar-refractivity contribution in [3.63, 3.8) is 0 Å². The van der Waals surface area contributed by atoms with E-state index in [1.807, 2.05) is 0 Å². The van der Waals surface area contributed by atoms with Crippen LogP contribution in [0.5, 0.6) is 5.75 Å². The van der Waals surface area contributed by atoms with Gasteiger partial charge in [0.2, 0.25) is 11.7 Å². The summed E-state index contributed by atoms with van der Waals surface area (Å²) in [6, 6.07) is 3.28. The number of aromatic hydroxyl groups is 1. The standard InChI is InChI=1S/C22H19F5N4O3/c23-15-8-17(32)16(24)7-14(15)20(33)29-9-11-1-3-12(4-2-11)21-30-19(31-34-21)13-5-6-18(28-10-13)22(25,26)27/h5-8,10-12,32H,1-4,9H2,(H,29,33). The van der Waals surface area contributed by atoms with Gasteiger partial charge in [0, 0.05) is 30.3 Å². The van der Waals surface area contributed by atoms with E-state index < -0.39 is 40.7 Å². The number of rotatable bonds is 5. The molecule has 1 amide bonds. The maximum atomic E-state index is 13.8. The number of nitrogens with one attached hydrogen (secondary N) is 1. The number of benzene rings is 1. The largest absolute Gasteiger partial charge is 0.505 e. The number of alkyl halides is 3. The molecule has 4 rings (SSSR count). The minimum atomic E-state index is -4.53. The minimum Gasteiger partial charge on any atom is -0.505 e. The molecular weight excluding hydrogens is 463 g/mol. The molecule has 7 nitrogen and oxygen atoms in total. The maximum absolute atomic E-state index is 13.8. The van der Waals surface area contributed by atoms with Gasteiger partial charge in [-0.05, 0) is 49.8 Å². The van der Waals surface area contributed by atoms with E-state index >= 15 is 0 Å². The van der Waals surface area contributed by atoms with E-state index in [4.69, 9.17) is 9.63 Å². The lowest BCUT2D eigenvalue weighted by atomic mass is 9.82. The molecule has 180 valence electrons. The van der Waals surface area contributed by atoms with Gasteiger partial charge in [0.25, 0.3) is 5.91 Å². The first-order valence-corrected chi connectivity index (χ1v) is 10.4. The number of nitrogens with zero attached hydrogens (tertiary/aromatic N) is 3. The molecule has 0 aliphatic heterocycles. The number of amides is 1. The molecule has 34 heavy (non-hydrogen) atoms. The van der Waals surface area contributed by atoms with Crippen molar-refractivity contribution in [3.8, 4) is 17.1 Å². The fraction of sp³-hybridized carbons (Fsp3) is 0.364. The smallest absolute Gasteiger partial charge is 0.433 e. The topological polar surface area (TPSA) is 101 Å². The molecule has 0 bridgehead atoms. The Bertz CT molecular complexity index is 1170. The SMILES string of the molecule is O=C(NCC1CCC(c2nc(-c3ccc(C(F)(F)F)nc3)no2)CC1)c1cc(F)c(O)cc1F. The highest BCUT2D eigenvalue weighted by molar-refractivity contribution is 5.94. The zero-order chi connectivity index (χ0) is 24.5. The van der Waals surface area contributed by atoms with Gasteiger partial charge in [-0.1, -0.05) is 5.16 Å². The predicted molar refractivity (Wildman–Crippen MR) is 108 cm³/mol. The highest BCUT2D eigenvalue weighted by atomic mass is 19.4. The highest BCUT2D eigenvalue weighted by Crippen LogP contribution is 2.36. The fourth-order valence-electron chi connectivity index (χ4n) is 3.87. The Labute approximate surface area is 190 Å². The molecule has 1 fully saturated rings. The van der Waals surface area contributed by atoms with Crippen LogP contribution in [-0.2, 0) is 6.18 Å². The molecule has 0 spiro atoms. The molecule has 3 aromatic rings. The second-order valence-electron chi connectivity index (χ2n) is 8.10. The van der Waals surface area contributed by atoms with Crippen molar-refractivity contribution in [2.45, 2.75) is 37.8 Å². The Morgan fingerprint density at radius 3 is 2.50 bits per heavy atom. The first-order chi connectivity index (χ1) is 16.1. The van der Waals surface area contributed by atoms with Crippen LogP contribution in [0.2, 0.25) is 0 Å². The van der Waals surface area contributed by atoms with Gasteiger partial charge in [-0.3, -0.25) is 9.78 Å². The van der Waals surface area contributed by atoms with E-state index in [-0.39, 0.29) is 24.2 Å². The van der Waals surface area contributed by atoms with Gasteiger partial charge in [-0.2, -0.15) is 18.2 Å². The van der Waals surface area contributed by atoms with E-state index in [0.29, 0.717) is 49.3 Å². The summed E-state index contributed by atoms with van der Waals surface area (Å²) in [4.78, 5) is 19.9. The molecule has 12 heteroatoms. The van der Waals surface area contributed by atoms with Crippen LogP contribution >= 0.6 is 0 Å². The van der Waals surface area contributed by atoms with E-state index in [2.05, 4.69) is 20.4 Å². The molecule has 1 saturated carbocycles. The summed E-state index contributed by atoms with van der Waals surface area (Å²) in [5, 5.41) is 15.6. The molecule has 2 heterocycles. The summed E-state index contributed by atoms with van der Waals surface area (Å²) in [6.07, 6.45) is -0.730. The zero-order valence-corrected chi connectivity index (χ0v) is 17.6. The zero-order valence-electron chi connectivity index (χ0n) is 17.6. The minimum absolute atomic E-state index is 0.0424. The second kappa shape index (κ2) is 9.35. The number of halogens is 5. The lowest BCUT2D eigenvalue weighted by Gasteiger charge is -2.26. The normalized spacial score (nSPS) is 18.6. The third kappa shape index (κ3) is 5.15. The van der Waals surface area contributed by atoms with Crippen LogP contribution in [-0.4, -0.2) is 32.7 Å². The first kappa shape index (κ1) is 23.6. The molecule has 0 unspecified atom stereocenters. The van der Waals surface area contributed by atoms with Gasteiger partial charge in [-0.25, -0.2) is 8.78 Å².